The molecule has 0 aliphatic heterocycles. The molecule has 12 heavy (non-hydrogen) atoms. The molecular weight excluding hydrogens is 222 g/mol. The minimum atomic E-state index is -0.0562. The molecule has 1 amide bonds. The number of carbonyl (C=O) groups is 1. The van der Waals surface area contributed by atoms with Gasteiger partial charge in [-0.05, 0) is 6.42 Å². The lowest BCUT2D eigenvalue weighted by Gasteiger charge is -2.18. The number of alkyl halides is 1. The lowest BCUT2D eigenvalue weighted by molar-refractivity contribution is -0.129. The van der Waals surface area contributed by atoms with Gasteiger partial charge in [-0.15, -0.1) is 0 Å². The first kappa shape index (κ1) is 11.9. The molecule has 0 aromatic heterocycles. The molecule has 0 rings (SSSR count). The number of likely N-dealkylation sites (N-methyl/N-ethyl adjacent to an activating group) is 1. The Hall–Kier alpha value is -0.0900. The predicted molar refractivity (Wildman–Crippen MR) is 52.5 cm³/mol. The smallest absolute Gasteiger partial charge is 0.236 e. The third-order valence-electron chi connectivity index (χ3n) is 1.63. The van der Waals surface area contributed by atoms with E-state index in [4.69, 9.17) is 4.74 Å². The average molecular weight is 238 g/mol. The van der Waals surface area contributed by atoms with E-state index in [1.807, 2.05) is 6.92 Å². The summed E-state index contributed by atoms with van der Waals surface area (Å²) in [6.45, 7) is 3.21. The van der Waals surface area contributed by atoms with Gasteiger partial charge in [0.2, 0.25) is 5.91 Å². The Morgan fingerprint density at radius 3 is 2.67 bits per heavy atom. The van der Waals surface area contributed by atoms with Crippen molar-refractivity contribution in [1.29, 1.82) is 0 Å². The summed E-state index contributed by atoms with van der Waals surface area (Å²) >= 11 is 3.30. The molecule has 0 aromatic carbocycles. The number of methoxy groups -OCH3 is 1. The van der Waals surface area contributed by atoms with Crippen LogP contribution in [-0.2, 0) is 9.53 Å². The van der Waals surface area contributed by atoms with Gasteiger partial charge in [0.05, 0.1) is 11.4 Å². The van der Waals surface area contributed by atoms with Crippen molar-refractivity contribution in [2.45, 2.75) is 18.2 Å². The van der Waals surface area contributed by atoms with E-state index in [0.717, 1.165) is 6.42 Å². The van der Waals surface area contributed by atoms with Crippen LogP contribution in [0.1, 0.15) is 13.3 Å². The number of hydrogen-bond acceptors (Lipinski definition) is 2. The van der Waals surface area contributed by atoms with E-state index in [1.165, 1.54) is 0 Å². The Morgan fingerprint density at radius 2 is 2.25 bits per heavy atom. The minimum absolute atomic E-state index is 0.0562. The summed E-state index contributed by atoms with van der Waals surface area (Å²) < 4.78 is 4.87. The van der Waals surface area contributed by atoms with Crippen molar-refractivity contribution >= 4 is 21.8 Å². The van der Waals surface area contributed by atoms with Crippen LogP contribution in [0.15, 0.2) is 0 Å². The van der Waals surface area contributed by atoms with E-state index in [9.17, 15) is 4.79 Å². The van der Waals surface area contributed by atoms with Gasteiger partial charge in [-0.3, -0.25) is 4.79 Å². The van der Waals surface area contributed by atoms with Crippen molar-refractivity contribution in [3.63, 3.8) is 0 Å². The molecule has 0 aliphatic rings. The fourth-order valence-corrected chi connectivity index (χ4v) is 1.10. The van der Waals surface area contributed by atoms with Gasteiger partial charge in [0.25, 0.3) is 0 Å². The van der Waals surface area contributed by atoms with E-state index in [2.05, 4.69) is 15.9 Å². The number of halogens is 1. The lowest BCUT2D eigenvalue weighted by atomic mass is 10.3. The lowest BCUT2D eigenvalue weighted by Crippen LogP contribution is -2.35. The van der Waals surface area contributed by atoms with Crippen LogP contribution in [0.5, 0.6) is 0 Å². The van der Waals surface area contributed by atoms with Gasteiger partial charge in [-0.2, -0.15) is 0 Å². The molecule has 72 valence electrons. The highest BCUT2D eigenvalue weighted by atomic mass is 79.9. The highest BCUT2D eigenvalue weighted by Crippen LogP contribution is 2.07. The van der Waals surface area contributed by atoms with Gasteiger partial charge in [-0.25, -0.2) is 0 Å². The fourth-order valence-electron chi connectivity index (χ4n) is 0.752. The highest BCUT2D eigenvalue weighted by Gasteiger charge is 2.16. The second kappa shape index (κ2) is 6.43. The second-order valence-corrected chi connectivity index (χ2v) is 3.73. The van der Waals surface area contributed by atoms with Crippen molar-refractivity contribution in [3.05, 3.63) is 0 Å². The highest BCUT2D eigenvalue weighted by molar-refractivity contribution is 9.10. The Balaban J connectivity index is 3.75. The molecule has 0 spiro atoms. The molecule has 0 saturated heterocycles. The molecule has 0 aliphatic carbocycles. The van der Waals surface area contributed by atoms with Crippen molar-refractivity contribution < 1.29 is 9.53 Å². The average Bonchev–Trinajstić information content (AvgIpc) is 2.11. The van der Waals surface area contributed by atoms with Crippen LogP contribution in [-0.4, -0.2) is 42.9 Å². The summed E-state index contributed by atoms with van der Waals surface area (Å²) in [5.74, 6) is 0.120. The normalized spacial score (nSPS) is 12.7. The Labute approximate surface area is 82.2 Å². The zero-order chi connectivity index (χ0) is 9.56. The maximum Gasteiger partial charge on any atom is 0.236 e. The van der Waals surface area contributed by atoms with Crippen LogP contribution < -0.4 is 0 Å². The molecule has 0 radical (unpaired) electrons. The standard InChI is InChI=1S/C8H16BrNO2/c1-4-7(9)8(11)10(2)5-6-12-3/h7H,4-6H2,1-3H3. The summed E-state index contributed by atoms with van der Waals surface area (Å²) in [5, 5.41) is 0. The summed E-state index contributed by atoms with van der Waals surface area (Å²) in [5.41, 5.74) is 0. The summed E-state index contributed by atoms with van der Waals surface area (Å²) in [6, 6.07) is 0. The summed E-state index contributed by atoms with van der Waals surface area (Å²) in [4.78, 5) is 13.0. The molecular formula is C8H16BrNO2. The molecule has 3 nitrogen and oxygen atoms in total. The first-order chi connectivity index (χ1) is 5.63. The van der Waals surface area contributed by atoms with E-state index >= 15 is 0 Å². The number of rotatable bonds is 5. The molecule has 0 saturated carbocycles. The monoisotopic (exact) mass is 237 g/mol. The topological polar surface area (TPSA) is 29.5 Å². The third-order valence-corrected chi connectivity index (χ3v) is 2.67. The molecule has 0 bridgehead atoms. The van der Waals surface area contributed by atoms with Gasteiger partial charge in [0, 0.05) is 20.7 Å². The van der Waals surface area contributed by atoms with Crippen LogP contribution in [0.2, 0.25) is 0 Å². The van der Waals surface area contributed by atoms with Crippen molar-refractivity contribution in [3.8, 4) is 0 Å². The number of carbonyl (C=O) groups excluding carboxylic acids is 1. The summed E-state index contributed by atoms with van der Waals surface area (Å²) in [7, 11) is 3.41. The van der Waals surface area contributed by atoms with Crippen molar-refractivity contribution in [1.82, 2.24) is 4.90 Å². The SMILES string of the molecule is CCC(Br)C(=O)N(C)CCOC. The second-order valence-electron chi connectivity index (χ2n) is 2.63. The van der Waals surface area contributed by atoms with E-state index in [-0.39, 0.29) is 10.7 Å². The minimum Gasteiger partial charge on any atom is -0.383 e. The fraction of sp³-hybridized carbons (Fsp3) is 0.875. The molecule has 1 atom stereocenters. The maximum atomic E-state index is 11.4. The third kappa shape index (κ3) is 4.07. The Kier molecular flexibility index (Phi) is 6.38. The maximum absolute atomic E-state index is 11.4. The quantitative estimate of drug-likeness (QED) is 0.675. The van der Waals surface area contributed by atoms with Crippen molar-refractivity contribution in [2.75, 3.05) is 27.3 Å². The van der Waals surface area contributed by atoms with Gasteiger partial charge >= 0.3 is 0 Å². The van der Waals surface area contributed by atoms with Gasteiger partial charge in [-0.1, -0.05) is 22.9 Å². The van der Waals surface area contributed by atoms with Gasteiger partial charge < -0.3 is 9.64 Å². The van der Waals surface area contributed by atoms with Crippen LogP contribution in [0.4, 0.5) is 0 Å². The largest absolute Gasteiger partial charge is 0.383 e. The Morgan fingerprint density at radius 1 is 1.67 bits per heavy atom. The van der Waals surface area contributed by atoms with E-state index in [0.29, 0.717) is 13.2 Å². The van der Waals surface area contributed by atoms with Crippen molar-refractivity contribution in [2.24, 2.45) is 0 Å². The first-order valence-corrected chi connectivity index (χ1v) is 4.93. The zero-order valence-electron chi connectivity index (χ0n) is 7.84. The molecule has 4 heteroatoms. The number of hydrogen-bond donors (Lipinski definition) is 0. The molecule has 0 N–H and O–H groups in total. The van der Waals surface area contributed by atoms with E-state index < -0.39 is 0 Å². The van der Waals surface area contributed by atoms with Gasteiger partial charge in [0.15, 0.2) is 0 Å². The number of amides is 1. The van der Waals surface area contributed by atoms with Crippen LogP contribution in [0.25, 0.3) is 0 Å². The molecule has 0 fully saturated rings. The molecule has 0 heterocycles. The van der Waals surface area contributed by atoms with Crippen LogP contribution >= 0.6 is 15.9 Å². The summed E-state index contributed by atoms with van der Waals surface area (Å²) in [6.07, 6.45) is 0.816. The van der Waals surface area contributed by atoms with E-state index in [1.54, 1.807) is 19.1 Å². The molecule has 0 aromatic rings. The zero-order valence-corrected chi connectivity index (χ0v) is 9.43. The predicted octanol–water partition coefficient (Wildman–Crippen LogP) is 1.26. The van der Waals surface area contributed by atoms with Crippen LogP contribution in [0.3, 0.4) is 0 Å². The molecule has 1 unspecified atom stereocenters. The van der Waals surface area contributed by atoms with Gasteiger partial charge in [0.1, 0.15) is 0 Å². The van der Waals surface area contributed by atoms with Crippen LogP contribution in [0, 0.1) is 0 Å². The first-order valence-electron chi connectivity index (χ1n) is 4.01. The number of ether oxygens (including phenoxy) is 1. The number of nitrogens with zero attached hydrogens (tertiary/aromatic N) is 1. The Bertz CT molecular complexity index is 141.